The minimum atomic E-state index is -0.522. The van der Waals surface area contributed by atoms with Crippen LogP contribution in [0.25, 0.3) is 0 Å². The van der Waals surface area contributed by atoms with Gasteiger partial charge in [0.25, 0.3) is 0 Å². The van der Waals surface area contributed by atoms with E-state index in [1.54, 1.807) is 13.8 Å². The van der Waals surface area contributed by atoms with Gasteiger partial charge in [-0.1, -0.05) is 20.8 Å². The van der Waals surface area contributed by atoms with Crippen LogP contribution in [0.2, 0.25) is 0 Å². The van der Waals surface area contributed by atoms with Crippen LogP contribution >= 0.6 is 0 Å². The maximum absolute atomic E-state index is 12.2. The summed E-state index contributed by atoms with van der Waals surface area (Å²) in [6.45, 7) is 5.53. The lowest BCUT2D eigenvalue weighted by atomic mass is 10.1. The van der Waals surface area contributed by atoms with Gasteiger partial charge < -0.3 is 14.3 Å². The highest BCUT2D eigenvalue weighted by Gasteiger charge is 2.28. The molecule has 144 valence electrons. The molecule has 1 N–H and O–H groups in total. The van der Waals surface area contributed by atoms with Gasteiger partial charge in [-0.05, 0) is 19.3 Å². The SMILES string of the molecule is CCC(=O)OC[C@@H]1CC[C@H](n2ccc(NOC(=O)[C@@H](C)CC)nc2=O)O1. The van der Waals surface area contributed by atoms with Crippen LogP contribution in [0.15, 0.2) is 17.1 Å². The van der Waals surface area contributed by atoms with E-state index in [9.17, 15) is 14.4 Å². The molecule has 2 rings (SSSR count). The molecule has 9 heteroatoms. The van der Waals surface area contributed by atoms with Crippen LogP contribution in [-0.4, -0.2) is 34.2 Å². The van der Waals surface area contributed by atoms with Crippen LogP contribution < -0.4 is 11.2 Å². The first-order chi connectivity index (χ1) is 12.4. The number of esters is 1. The number of nitrogens with one attached hydrogen (secondary N) is 1. The maximum Gasteiger partial charge on any atom is 0.351 e. The van der Waals surface area contributed by atoms with Crippen molar-refractivity contribution in [3.63, 3.8) is 0 Å². The Morgan fingerprint density at radius 3 is 2.85 bits per heavy atom. The Balaban J connectivity index is 1.90. The maximum atomic E-state index is 12.2. The van der Waals surface area contributed by atoms with Gasteiger partial charge in [-0.3, -0.25) is 9.36 Å². The Kier molecular flexibility index (Phi) is 7.14. The van der Waals surface area contributed by atoms with Crippen molar-refractivity contribution in [1.82, 2.24) is 9.55 Å². The van der Waals surface area contributed by atoms with E-state index >= 15 is 0 Å². The van der Waals surface area contributed by atoms with E-state index in [-0.39, 0.29) is 30.4 Å². The number of anilines is 1. The van der Waals surface area contributed by atoms with Crippen LogP contribution in [0.5, 0.6) is 0 Å². The lowest BCUT2D eigenvalue weighted by Crippen LogP contribution is -2.28. The fourth-order valence-corrected chi connectivity index (χ4v) is 2.36. The summed E-state index contributed by atoms with van der Waals surface area (Å²) in [4.78, 5) is 43.8. The standard InChI is InChI=1S/C17H25N3O6/c1-4-11(3)16(22)26-19-13-8-9-20(17(23)18-13)14-7-6-12(25-14)10-24-15(21)5-2/h8-9,11-12,14H,4-7,10H2,1-3H3,(H,18,19,23)/t11-,12-,14+/m0/s1. The van der Waals surface area contributed by atoms with Gasteiger partial charge in [0.1, 0.15) is 12.8 Å². The van der Waals surface area contributed by atoms with Gasteiger partial charge in [-0.15, -0.1) is 0 Å². The molecule has 3 atom stereocenters. The summed E-state index contributed by atoms with van der Waals surface area (Å²) in [5.41, 5.74) is 1.87. The molecule has 0 spiro atoms. The van der Waals surface area contributed by atoms with Crippen molar-refractivity contribution in [3.05, 3.63) is 22.7 Å². The van der Waals surface area contributed by atoms with Crippen molar-refractivity contribution in [2.24, 2.45) is 5.92 Å². The van der Waals surface area contributed by atoms with Gasteiger partial charge in [0.15, 0.2) is 5.82 Å². The van der Waals surface area contributed by atoms with Gasteiger partial charge in [-0.2, -0.15) is 4.98 Å². The Labute approximate surface area is 151 Å². The van der Waals surface area contributed by atoms with E-state index in [1.807, 2.05) is 6.92 Å². The Morgan fingerprint density at radius 1 is 1.42 bits per heavy atom. The van der Waals surface area contributed by atoms with Crippen molar-refractivity contribution < 1.29 is 23.9 Å². The molecule has 0 aromatic carbocycles. The molecule has 0 saturated carbocycles. The monoisotopic (exact) mass is 367 g/mol. The van der Waals surface area contributed by atoms with Crippen LogP contribution in [0.4, 0.5) is 5.82 Å². The molecular formula is C17H25N3O6. The summed E-state index contributed by atoms with van der Waals surface area (Å²) in [6, 6.07) is 1.53. The summed E-state index contributed by atoms with van der Waals surface area (Å²) in [7, 11) is 0. The zero-order valence-electron chi connectivity index (χ0n) is 15.3. The largest absolute Gasteiger partial charge is 0.463 e. The lowest BCUT2D eigenvalue weighted by molar-refractivity contribution is -0.148. The summed E-state index contributed by atoms with van der Waals surface area (Å²) in [5, 5.41) is 0. The molecule has 2 heterocycles. The molecular weight excluding hydrogens is 342 g/mol. The highest BCUT2D eigenvalue weighted by Crippen LogP contribution is 2.27. The second-order valence-electron chi connectivity index (χ2n) is 6.16. The summed E-state index contributed by atoms with van der Waals surface area (Å²) < 4.78 is 12.2. The van der Waals surface area contributed by atoms with Crippen molar-refractivity contribution in [1.29, 1.82) is 0 Å². The van der Waals surface area contributed by atoms with Gasteiger partial charge in [0, 0.05) is 18.7 Å². The average Bonchev–Trinajstić information content (AvgIpc) is 3.12. The first-order valence-corrected chi connectivity index (χ1v) is 8.81. The number of carbonyl (C=O) groups is 2. The molecule has 1 aromatic heterocycles. The molecule has 1 saturated heterocycles. The molecule has 1 aliphatic rings. The van der Waals surface area contributed by atoms with Gasteiger partial charge >= 0.3 is 17.6 Å². The summed E-state index contributed by atoms with van der Waals surface area (Å²) >= 11 is 0. The number of carbonyl (C=O) groups excluding carboxylic acids is 2. The van der Waals surface area contributed by atoms with Crippen molar-refractivity contribution in [2.75, 3.05) is 12.1 Å². The minimum absolute atomic E-state index is 0.148. The number of ether oxygens (including phenoxy) is 2. The Bertz CT molecular complexity index is 689. The molecule has 1 fully saturated rings. The summed E-state index contributed by atoms with van der Waals surface area (Å²) in [6.07, 6.45) is 3.10. The highest BCUT2D eigenvalue weighted by molar-refractivity contribution is 5.72. The van der Waals surface area contributed by atoms with Crippen LogP contribution in [0.1, 0.15) is 52.7 Å². The zero-order valence-corrected chi connectivity index (χ0v) is 15.3. The van der Waals surface area contributed by atoms with E-state index in [0.717, 1.165) is 0 Å². The predicted molar refractivity (Wildman–Crippen MR) is 92.1 cm³/mol. The average molecular weight is 367 g/mol. The van der Waals surface area contributed by atoms with Crippen molar-refractivity contribution in [3.8, 4) is 0 Å². The number of nitrogens with zero attached hydrogens (tertiary/aromatic N) is 2. The zero-order chi connectivity index (χ0) is 19.1. The lowest BCUT2D eigenvalue weighted by Gasteiger charge is -2.16. The highest BCUT2D eigenvalue weighted by atomic mass is 16.7. The third kappa shape index (κ3) is 5.29. The van der Waals surface area contributed by atoms with E-state index in [0.29, 0.717) is 25.7 Å². The van der Waals surface area contributed by atoms with Gasteiger partial charge in [-0.25, -0.2) is 15.1 Å². The quantitative estimate of drug-likeness (QED) is 0.547. The molecule has 9 nitrogen and oxygen atoms in total. The third-order valence-corrected chi connectivity index (χ3v) is 4.22. The predicted octanol–water partition coefficient (Wildman–Crippen LogP) is 1.79. The molecule has 0 unspecified atom stereocenters. The van der Waals surface area contributed by atoms with Gasteiger partial charge in [0.05, 0.1) is 12.0 Å². The second kappa shape index (κ2) is 9.33. The van der Waals surface area contributed by atoms with E-state index in [4.69, 9.17) is 14.3 Å². The fourth-order valence-electron chi connectivity index (χ4n) is 2.36. The molecule has 0 aliphatic carbocycles. The number of rotatable bonds is 8. The third-order valence-electron chi connectivity index (χ3n) is 4.22. The van der Waals surface area contributed by atoms with Crippen LogP contribution in [0.3, 0.4) is 0 Å². The minimum Gasteiger partial charge on any atom is -0.463 e. The van der Waals surface area contributed by atoms with E-state index in [1.165, 1.54) is 16.8 Å². The first kappa shape index (κ1) is 19.9. The number of hydrogen-bond acceptors (Lipinski definition) is 8. The molecule has 0 radical (unpaired) electrons. The van der Waals surface area contributed by atoms with Crippen molar-refractivity contribution >= 4 is 17.8 Å². The topological polar surface area (TPSA) is 109 Å². The van der Waals surface area contributed by atoms with Crippen LogP contribution in [0, 0.1) is 5.92 Å². The van der Waals surface area contributed by atoms with Crippen LogP contribution in [-0.2, 0) is 23.9 Å². The number of hydrogen-bond donors (Lipinski definition) is 1. The van der Waals surface area contributed by atoms with Gasteiger partial charge in [0.2, 0.25) is 0 Å². The van der Waals surface area contributed by atoms with E-state index < -0.39 is 17.9 Å². The summed E-state index contributed by atoms with van der Waals surface area (Å²) in [5.74, 6) is -0.789. The Morgan fingerprint density at radius 2 is 2.19 bits per heavy atom. The first-order valence-electron chi connectivity index (χ1n) is 8.81. The molecule has 0 amide bonds. The molecule has 1 aromatic rings. The van der Waals surface area contributed by atoms with Crippen molar-refractivity contribution in [2.45, 2.75) is 58.8 Å². The fraction of sp³-hybridized carbons (Fsp3) is 0.647. The Hall–Kier alpha value is -2.42. The second-order valence-corrected chi connectivity index (χ2v) is 6.16. The smallest absolute Gasteiger partial charge is 0.351 e. The molecule has 1 aliphatic heterocycles. The number of aromatic nitrogens is 2. The van der Waals surface area contributed by atoms with E-state index in [2.05, 4.69) is 10.5 Å². The molecule has 26 heavy (non-hydrogen) atoms. The normalized spacial score (nSPS) is 20.4. The molecule has 0 bridgehead atoms.